The second-order valence-corrected chi connectivity index (χ2v) is 4.26. The molecule has 1 aromatic heterocycles. The van der Waals surface area contributed by atoms with E-state index in [-0.39, 0.29) is 0 Å². The van der Waals surface area contributed by atoms with Gasteiger partial charge in [0.15, 0.2) is 5.82 Å². The fourth-order valence-electron chi connectivity index (χ4n) is 1.71. The predicted molar refractivity (Wildman–Crippen MR) is 71.7 cm³/mol. The summed E-state index contributed by atoms with van der Waals surface area (Å²) in [6, 6.07) is 7.50. The highest BCUT2D eigenvalue weighted by Gasteiger charge is 2.11. The summed E-state index contributed by atoms with van der Waals surface area (Å²) in [6.07, 6.45) is 0.816. The highest BCUT2D eigenvalue weighted by atomic mass is 35.5. The third-order valence-corrected chi connectivity index (χ3v) is 2.82. The highest BCUT2D eigenvalue weighted by molar-refractivity contribution is 6.30. The first-order valence-corrected chi connectivity index (χ1v) is 5.83. The fourth-order valence-corrected chi connectivity index (χ4v) is 1.90. The lowest BCUT2D eigenvalue weighted by Crippen LogP contribution is -2.01. The van der Waals surface area contributed by atoms with Crippen LogP contribution in [-0.4, -0.2) is 9.78 Å². The predicted octanol–water partition coefficient (Wildman–Crippen LogP) is 2.96. The van der Waals surface area contributed by atoms with Gasteiger partial charge in [-0.25, -0.2) is 0 Å². The van der Waals surface area contributed by atoms with E-state index < -0.39 is 0 Å². The van der Waals surface area contributed by atoms with Crippen LogP contribution in [0.3, 0.4) is 0 Å². The van der Waals surface area contributed by atoms with Gasteiger partial charge in [0.1, 0.15) is 0 Å². The Labute approximate surface area is 105 Å². The lowest BCUT2D eigenvalue weighted by Gasteiger charge is -2.07. The largest absolute Gasteiger partial charge is 0.394 e. The van der Waals surface area contributed by atoms with Crippen LogP contribution in [-0.2, 0) is 13.5 Å². The third-order valence-electron chi connectivity index (χ3n) is 2.58. The van der Waals surface area contributed by atoms with Crippen LogP contribution in [0, 0.1) is 0 Å². The van der Waals surface area contributed by atoms with Crippen molar-refractivity contribution in [2.45, 2.75) is 13.3 Å². The van der Waals surface area contributed by atoms with E-state index >= 15 is 0 Å². The molecule has 0 fully saturated rings. The Balaban J connectivity index is 2.33. The molecule has 90 valence electrons. The molecule has 0 unspecified atom stereocenters. The van der Waals surface area contributed by atoms with Crippen LogP contribution in [0.5, 0.6) is 0 Å². The van der Waals surface area contributed by atoms with Crippen LogP contribution in [0.4, 0.5) is 17.2 Å². The molecule has 0 bridgehead atoms. The van der Waals surface area contributed by atoms with Crippen molar-refractivity contribution in [1.82, 2.24) is 9.78 Å². The number of nitrogens with zero attached hydrogens (tertiary/aromatic N) is 2. The molecule has 1 heterocycles. The summed E-state index contributed by atoms with van der Waals surface area (Å²) in [5.41, 5.74) is 8.51. The van der Waals surface area contributed by atoms with Gasteiger partial charge in [-0.3, -0.25) is 4.68 Å². The topological polar surface area (TPSA) is 55.9 Å². The van der Waals surface area contributed by atoms with Gasteiger partial charge in [-0.05, 0) is 24.6 Å². The molecule has 0 atom stereocenters. The van der Waals surface area contributed by atoms with E-state index in [0.29, 0.717) is 10.7 Å². The fraction of sp³-hybridized carbons (Fsp3) is 0.250. The molecule has 0 spiro atoms. The van der Waals surface area contributed by atoms with Crippen molar-refractivity contribution < 1.29 is 0 Å². The van der Waals surface area contributed by atoms with Crippen molar-refractivity contribution in [3.8, 4) is 0 Å². The van der Waals surface area contributed by atoms with E-state index in [4.69, 9.17) is 17.3 Å². The van der Waals surface area contributed by atoms with Gasteiger partial charge >= 0.3 is 0 Å². The van der Waals surface area contributed by atoms with E-state index in [1.54, 1.807) is 4.68 Å². The molecule has 0 aliphatic carbocycles. The quantitative estimate of drug-likeness (QED) is 0.881. The van der Waals surface area contributed by atoms with Crippen LogP contribution in [0.25, 0.3) is 0 Å². The smallest absolute Gasteiger partial charge is 0.152 e. The molecule has 1 aromatic carbocycles. The molecular formula is C12H15ClN4. The van der Waals surface area contributed by atoms with Crippen molar-refractivity contribution in [3.63, 3.8) is 0 Å². The van der Waals surface area contributed by atoms with E-state index in [1.807, 2.05) is 38.2 Å². The second kappa shape index (κ2) is 4.67. The molecule has 2 rings (SSSR count). The Morgan fingerprint density at radius 2 is 2.24 bits per heavy atom. The van der Waals surface area contributed by atoms with Gasteiger partial charge in [0.2, 0.25) is 0 Å². The molecule has 5 heteroatoms. The number of hydrogen-bond donors (Lipinski definition) is 2. The normalized spacial score (nSPS) is 10.5. The van der Waals surface area contributed by atoms with E-state index in [2.05, 4.69) is 10.4 Å². The molecule has 0 saturated carbocycles. The number of aryl methyl sites for hydroxylation is 2. The van der Waals surface area contributed by atoms with Gasteiger partial charge in [-0.1, -0.05) is 24.6 Å². The van der Waals surface area contributed by atoms with E-state index in [9.17, 15) is 0 Å². The first kappa shape index (κ1) is 11.8. The standard InChI is InChI=1S/C12H15ClN4/c1-3-10-11(14)12(17(2)16-10)15-9-6-4-5-8(13)7-9/h4-7,15H,3,14H2,1-2H3. The zero-order valence-electron chi connectivity index (χ0n) is 9.87. The van der Waals surface area contributed by atoms with Crippen molar-refractivity contribution >= 4 is 28.8 Å². The Hall–Kier alpha value is -1.68. The Morgan fingerprint density at radius 3 is 2.82 bits per heavy atom. The van der Waals surface area contributed by atoms with Gasteiger partial charge in [0, 0.05) is 17.8 Å². The van der Waals surface area contributed by atoms with Crippen molar-refractivity contribution in [2.24, 2.45) is 7.05 Å². The minimum Gasteiger partial charge on any atom is -0.394 e. The molecule has 17 heavy (non-hydrogen) atoms. The maximum Gasteiger partial charge on any atom is 0.152 e. The van der Waals surface area contributed by atoms with Crippen LogP contribution < -0.4 is 11.1 Å². The molecule has 3 N–H and O–H groups in total. The average molecular weight is 251 g/mol. The molecule has 0 aliphatic heterocycles. The van der Waals surface area contributed by atoms with E-state index in [0.717, 1.165) is 23.6 Å². The van der Waals surface area contributed by atoms with Gasteiger partial charge in [0.25, 0.3) is 0 Å². The number of nitrogen functional groups attached to an aromatic ring is 1. The Bertz CT molecular complexity index is 533. The maximum absolute atomic E-state index is 6.02. The van der Waals surface area contributed by atoms with Crippen LogP contribution >= 0.6 is 11.6 Å². The Morgan fingerprint density at radius 1 is 1.47 bits per heavy atom. The van der Waals surface area contributed by atoms with Gasteiger partial charge < -0.3 is 11.1 Å². The summed E-state index contributed by atoms with van der Waals surface area (Å²) in [4.78, 5) is 0. The lowest BCUT2D eigenvalue weighted by molar-refractivity contribution is 0.753. The monoisotopic (exact) mass is 250 g/mol. The zero-order chi connectivity index (χ0) is 12.4. The van der Waals surface area contributed by atoms with Crippen LogP contribution in [0.2, 0.25) is 5.02 Å². The number of hydrogen-bond acceptors (Lipinski definition) is 3. The molecule has 0 radical (unpaired) electrons. The number of aromatic nitrogens is 2. The van der Waals surface area contributed by atoms with Crippen molar-refractivity contribution in [1.29, 1.82) is 0 Å². The van der Waals surface area contributed by atoms with Crippen molar-refractivity contribution in [3.05, 3.63) is 35.0 Å². The summed E-state index contributed by atoms with van der Waals surface area (Å²) in [5.74, 6) is 0.795. The molecule has 4 nitrogen and oxygen atoms in total. The molecule has 2 aromatic rings. The summed E-state index contributed by atoms with van der Waals surface area (Å²) < 4.78 is 1.75. The summed E-state index contributed by atoms with van der Waals surface area (Å²) in [5, 5.41) is 8.26. The summed E-state index contributed by atoms with van der Waals surface area (Å²) in [7, 11) is 1.86. The van der Waals surface area contributed by atoms with E-state index in [1.165, 1.54) is 0 Å². The molecule has 0 saturated heterocycles. The third kappa shape index (κ3) is 2.36. The first-order chi connectivity index (χ1) is 8.11. The first-order valence-electron chi connectivity index (χ1n) is 5.45. The SMILES string of the molecule is CCc1nn(C)c(Nc2cccc(Cl)c2)c1N. The zero-order valence-corrected chi connectivity index (χ0v) is 10.6. The second-order valence-electron chi connectivity index (χ2n) is 3.82. The van der Waals surface area contributed by atoms with Crippen LogP contribution in [0.1, 0.15) is 12.6 Å². The van der Waals surface area contributed by atoms with Crippen LogP contribution in [0.15, 0.2) is 24.3 Å². The Kier molecular flexibility index (Phi) is 3.24. The maximum atomic E-state index is 6.02. The summed E-state index contributed by atoms with van der Waals surface area (Å²) in [6.45, 7) is 2.03. The molecule has 0 aliphatic rings. The number of nitrogens with two attached hydrogens (primary N) is 1. The highest BCUT2D eigenvalue weighted by Crippen LogP contribution is 2.27. The molecular weight excluding hydrogens is 236 g/mol. The van der Waals surface area contributed by atoms with Crippen molar-refractivity contribution in [2.75, 3.05) is 11.1 Å². The minimum absolute atomic E-state index is 0.687. The number of anilines is 3. The summed E-state index contributed by atoms with van der Waals surface area (Å²) >= 11 is 5.93. The van der Waals surface area contributed by atoms with Gasteiger partial charge in [-0.15, -0.1) is 0 Å². The number of halogens is 1. The lowest BCUT2D eigenvalue weighted by atomic mass is 10.3. The van der Waals surface area contributed by atoms with Gasteiger partial charge in [0.05, 0.1) is 11.4 Å². The average Bonchev–Trinajstić information content (AvgIpc) is 2.56. The number of rotatable bonds is 3. The number of benzene rings is 1. The molecule has 0 amide bonds. The minimum atomic E-state index is 0.687. The number of nitrogens with one attached hydrogen (secondary N) is 1. The van der Waals surface area contributed by atoms with Gasteiger partial charge in [-0.2, -0.15) is 5.10 Å².